The van der Waals surface area contributed by atoms with Crippen LogP contribution in [0.4, 0.5) is 0 Å². The summed E-state index contributed by atoms with van der Waals surface area (Å²) in [6, 6.07) is 8.54. The zero-order chi connectivity index (χ0) is 11.0. The predicted molar refractivity (Wildman–Crippen MR) is 62.2 cm³/mol. The van der Waals surface area contributed by atoms with Gasteiger partial charge in [-0.25, -0.2) is 0 Å². The first-order chi connectivity index (χ1) is 7.08. The molecule has 1 aromatic heterocycles. The molecular formula is C11H9Cl2N2. The Morgan fingerprint density at radius 3 is 2.60 bits per heavy atom. The first-order valence-electron chi connectivity index (χ1n) is 4.46. The molecule has 15 heavy (non-hydrogen) atoms. The van der Waals surface area contributed by atoms with Crippen molar-refractivity contribution >= 4 is 23.2 Å². The SMILES string of the molecule is Cc1[c]c(-c2ccc(Cl)cc2Cl)n(C)n1. The van der Waals surface area contributed by atoms with E-state index in [1.54, 1.807) is 16.8 Å². The summed E-state index contributed by atoms with van der Waals surface area (Å²) >= 11 is 11.9. The van der Waals surface area contributed by atoms with E-state index in [1.807, 2.05) is 20.0 Å². The van der Waals surface area contributed by atoms with Gasteiger partial charge in [0.05, 0.1) is 16.4 Å². The lowest BCUT2D eigenvalue weighted by Gasteiger charge is -2.04. The number of hydrogen-bond donors (Lipinski definition) is 0. The lowest BCUT2D eigenvalue weighted by molar-refractivity contribution is 0.764. The molecule has 0 aliphatic carbocycles. The van der Waals surface area contributed by atoms with Gasteiger partial charge < -0.3 is 0 Å². The molecular weight excluding hydrogens is 231 g/mol. The van der Waals surface area contributed by atoms with Gasteiger partial charge >= 0.3 is 0 Å². The van der Waals surface area contributed by atoms with E-state index in [-0.39, 0.29) is 0 Å². The summed E-state index contributed by atoms with van der Waals surface area (Å²) < 4.78 is 1.75. The van der Waals surface area contributed by atoms with Crippen molar-refractivity contribution in [1.82, 2.24) is 9.78 Å². The van der Waals surface area contributed by atoms with Crippen LogP contribution in [0.3, 0.4) is 0 Å². The molecule has 0 saturated heterocycles. The molecule has 0 aliphatic rings. The Morgan fingerprint density at radius 2 is 2.07 bits per heavy atom. The van der Waals surface area contributed by atoms with Crippen molar-refractivity contribution in [3.8, 4) is 11.3 Å². The molecule has 0 unspecified atom stereocenters. The number of halogens is 2. The molecule has 77 valence electrons. The zero-order valence-corrected chi connectivity index (χ0v) is 9.89. The molecule has 0 aliphatic heterocycles. The van der Waals surface area contributed by atoms with Gasteiger partial charge in [-0.2, -0.15) is 5.10 Å². The molecule has 4 heteroatoms. The maximum Gasteiger partial charge on any atom is 0.0776 e. The van der Waals surface area contributed by atoms with Crippen LogP contribution in [0.15, 0.2) is 18.2 Å². The molecule has 0 N–H and O–H groups in total. The van der Waals surface area contributed by atoms with Gasteiger partial charge in [0.25, 0.3) is 0 Å². The van der Waals surface area contributed by atoms with Crippen molar-refractivity contribution in [3.05, 3.63) is 40.0 Å². The van der Waals surface area contributed by atoms with E-state index >= 15 is 0 Å². The Labute approximate surface area is 98.4 Å². The summed E-state index contributed by atoms with van der Waals surface area (Å²) in [7, 11) is 1.86. The van der Waals surface area contributed by atoms with Crippen molar-refractivity contribution in [2.45, 2.75) is 6.92 Å². The molecule has 0 bridgehead atoms. The van der Waals surface area contributed by atoms with Crippen molar-refractivity contribution in [2.75, 3.05) is 0 Å². The van der Waals surface area contributed by atoms with Crippen LogP contribution in [0.2, 0.25) is 10.0 Å². The van der Waals surface area contributed by atoms with Gasteiger partial charge in [-0.3, -0.25) is 4.68 Å². The lowest BCUT2D eigenvalue weighted by Crippen LogP contribution is -1.94. The van der Waals surface area contributed by atoms with Crippen LogP contribution in [0.25, 0.3) is 11.3 Å². The minimum atomic E-state index is 0.613. The monoisotopic (exact) mass is 239 g/mol. The number of benzene rings is 1. The van der Waals surface area contributed by atoms with E-state index in [0.29, 0.717) is 10.0 Å². The fourth-order valence-corrected chi connectivity index (χ4v) is 1.97. The van der Waals surface area contributed by atoms with Gasteiger partial charge in [0.1, 0.15) is 0 Å². The van der Waals surface area contributed by atoms with Crippen molar-refractivity contribution < 1.29 is 0 Å². The third kappa shape index (κ3) is 2.01. The first-order valence-corrected chi connectivity index (χ1v) is 5.22. The van der Waals surface area contributed by atoms with Crippen LogP contribution in [-0.2, 0) is 7.05 Å². The third-order valence-corrected chi connectivity index (χ3v) is 2.66. The van der Waals surface area contributed by atoms with Gasteiger partial charge in [0.2, 0.25) is 0 Å². The van der Waals surface area contributed by atoms with Crippen molar-refractivity contribution in [2.24, 2.45) is 7.05 Å². The summed E-state index contributed by atoms with van der Waals surface area (Å²) in [5.41, 5.74) is 2.61. The number of aromatic nitrogens is 2. The van der Waals surface area contributed by atoms with Crippen LogP contribution in [0.1, 0.15) is 5.69 Å². The average molecular weight is 240 g/mol. The Kier molecular flexibility index (Phi) is 2.72. The molecule has 2 aromatic rings. The lowest BCUT2D eigenvalue weighted by atomic mass is 10.1. The Bertz CT molecular complexity index is 503. The van der Waals surface area contributed by atoms with Crippen molar-refractivity contribution in [3.63, 3.8) is 0 Å². The predicted octanol–water partition coefficient (Wildman–Crippen LogP) is 3.50. The topological polar surface area (TPSA) is 17.8 Å². The number of rotatable bonds is 1. The molecule has 0 amide bonds. The molecule has 0 fully saturated rings. The standard InChI is InChI=1S/C11H9Cl2N2/c1-7-5-11(15(2)14-7)9-4-3-8(12)6-10(9)13/h3-4,6H,1-2H3. The summed E-state index contributed by atoms with van der Waals surface area (Å²) in [6.07, 6.45) is 0. The number of hydrogen-bond acceptors (Lipinski definition) is 1. The number of nitrogens with zero attached hydrogens (tertiary/aromatic N) is 2. The van der Waals surface area contributed by atoms with Crippen LogP contribution < -0.4 is 0 Å². The highest BCUT2D eigenvalue weighted by molar-refractivity contribution is 6.36. The van der Waals surface area contributed by atoms with E-state index in [1.165, 1.54) is 0 Å². The second-order valence-corrected chi connectivity index (χ2v) is 4.15. The van der Waals surface area contributed by atoms with Crippen molar-refractivity contribution in [1.29, 1.82) is 0 Å². The quantitative estimate of drug-likeness (QED) is 0.745. The average Bonchev–Trinajstić information content (AvgIpc) is 2.45. The van der Waals surface area contributed by atoms with Crippen LogP contribution in [0, 0.1) is 13.0 Å². The largest absolute Gasteiger partial charge is 0.267 e. The molecule has 0 atom stereocenters. The maximum atomic E-state index is 6.10. The molecule has 1 aromatic carbocycles. The van der Waals surface area contributed by atoms with Crippen LogP contribution in [-0.4, -0.2) is 9.78 Å². The summed E-state index contributed by atoms with van der Waals surface area (Å²) in [4.78, 5) is 0. The third-order valence-electron chi connectivity index (χ3n) is 2.11. The molecule has 2 rings (SSSR count). The van der Waals surface area contributed by atoms with Gasteiger partial charge in [-0.15, -0.1) is 0 Å². The molecule has 1 radical (unpaired) electrons. The minimum absolute atomic E-state index is 0.613. The Balaban J connectivity index is 2.59. The van der Waals surface area contributed by atoms with E-state index in [2.05, 4.69) is 11.2 Å². The van der Waals surface area contributed by atoms with Gasteiger partial charge in [0, 0.05) is 23.7 Å². The summed E-state index contributed by atoms with van der Waals surface area (Å²) in [6.45, 7) is 1.90. The normalized spacial score (nSPS) is 10.7. The fraction of sp³-hybridized carbons (Fsp3) is 0.182. The van der Waals surface area contributed by atoms with Gasteiger partial charge in [0.15, 0.2) is 0 Å². The molecule has 0 spiro atoms. The Hall–Kier alpha value is -0.990. The van der Waals surface area contributed by atoms with Gasteiger partial charge in [-0.05, 0) is 25.1 Å². The zero-order valence-electron chi connectivity index (χ0n) is 8.38. The maximum absolute atomic E-state index is 6.10. The van der Waals surface area contributed by atoms with Crippen LogP contribution >= 0.6 is 23.2 Å². The highest BCUT2D eigenvalue weighted by atomic mass is 35.5. The summed E-state index contributed by atoms with van der Waals surface area (Å²) in [5, 5.41) is 5.46. The van der Waals surface area contributed by atoms with E-state index in [9.17, 15) is 0 Å². The fourth-order valence-electron chi connectivity index (χ4n) is 1.48. The number of aryl methyl sites for hydroxylation is 2. The van der Waals surface area contributed by atoms with E-state index in [4.69, 9.17) is 23.2 Å². The van der Waals surface area contributed by atoms with Gasteiger partial charge in [-0.1, -0.05) is 23.2 Å². The second-order valence-electron chi connectivity index (χ2n) is 3.31. The highest BCUT2D eigenvalue weighted by Crippen LogP contribution is 2.29. The van der Waals surface area contributed by atoms with E-state index < -0.39 is 0 Å². The highest BCUT2D eigenvalue weighted by Gasteiger charge is 2.09. The van der Waals surface area contributed by atoms with Crippen LogP contribution in [0.5, 0.6) is 0 Å². The Morgan fingerprint density at radius 1 is 1.33 bits per heavy atom. The molecule has 1 heterocycles. The van der Waals surface area contributed by atoms with E-state index in [0.717, 1.165) is 17.0 Å². The molecule has 2 nitrogen and oxygen atoms in total. The molecule has 0 saturated carbocycles. The minimum Gasteiger partial charge on any atom is -0.267 e. The summed E-state index contributed by atoms with van der Waals surface area (Å²) in [5.74, 6) is 0. The first kappa shape index (κ1) is 10.5. The smallest absolute Gasteiger partial charge is 0.0776 e. The second kappa shape index (κ2) is 3.87.